The number of hydrogen-bond donors (Lipinski definition) is 1. The van der Waals surface area contributed by atoms with Gasteiger partial charge in [-0.05, 0) is 38.1 Å². The molecule has 0 spiro atoms. The first-order valence-electron chi connectivity index (χ1n) is 4.80. The summed E-state index contributed by atoms with van der Waals surface area (Å²) in [6.45, 7) is 2.07. The van der Waals surface area contributed by atoms with Crippen LogP contribution in [0.25, 0.3) is 0 Å². The lowest BCUT2D eigenvalue weighted by Gasteiger charge is -2.22. The molecule has 1 fully saturated rings. The summed E-state index contributed by atoms with van der Waals surface area (Å²) in [5, 5.41) is 4.58. The normalized spacial score (nSPS) is 18.4. The van der Waals surface area contributed by atoms with Crippen LogP contribution in [-0.4, -0.2) is 18.1 Å². The first-order chi connectivity index (χ1) is 6.77. The second-order valence-electron chi connectivity index (χ2n) is 3.53. The fraction of sp³-hybridized carbons (Fsp3) is 0.500. The summed E-state index contributed by atoms with van der Waals surface area (Å²) in [5.74, 6) is 0.461. The zero-order chi connectivity index (χ0) is 9.97. The Morgan fingerprint density at radius 3 is 2.64 bits per heavy atom. The third-order valence-electron chi connectivity index (χ3n) is 2.56. The number of nitrogens with one attached hydrogen (secondary N) is 1. The minimum absolute atomic E-state index is 0.461. The number of nitrogens with zero attached hydrogens (tertiary/aromatic N) is 1. The van der Waals surface area contributed by atoms with E-state index in [1.807, 2.05) is 6.07 Å². The van der Waals surface area contributed by atoms with Gasteiger partial charge < -0.3 is 5.32 Å². The van der Waals surface area contributed by atoms with Gasteiger partial charge in [-0.25, -0.2) is 4.98 Å². The molecule has 0 radical (unpaired) electrons. The molecule has 1 aromatic heterocycles. The van der Waals surface area contributed by atoms with Crippen LogP contribution in [0.2, 0.25) is 10.2 Å². The van der Waals surface area contributed by atoms with Crippen molar-refractivity contribution in [1.29, 1.82) is 0 Å². The maximum Gasteiger partial charge on any atom is 0.129 e. The highest BCUT2D eigenvalue weighted by molar-refractivity contribution is 6.32. The van der Waals surface area contributed by atoms with Crippen molar-refractivity contribution in [2.75, 3.05) is 13.1 Å². The van der Waals surface area contributed by atoms with Crippen LogP contribution in [0.5, 0.6) is 0 Å². The van der Waals surface area contributed by atoms with Gasteiger partial charge in [-0.3, -0.25) is 0 Å². The number of aromatic nitrogens is 1. The molecule has 0 saturated carbocycles. The van der Waals surface area contributed by atoms with Crippen LogP contribution in [0.4, 0.5) is 0 Å². The van der Waals surface area contributed by atoms with Crippen LogP contribution < -0.4 is 5.32 Å². The fourth-order valence-corrected chi connectivity index (χ4v) is 2.23. The highest BCUT2D eigenvalue weighted by Crippen LogP contribution is 2.30. The largest absolute Gasteiger partial charge is 0.317 e. The number of pyridine rings is 1. The molecular formula is C10H12Cl2N2. The van der Waals surface area contributed by atoms with Gasteiger partial charge >= 0.3 is 0 Å². The summed E-state index contributed by atoms with van der Waals surface area (Å²) in [5.41, 5.74) is 0.959. The average molecular weight is 231 g/mol. The summed E-state index contributed by atoms with van der Waals surface area (Å²) in [4.78, 5) is 4.30. The molecule has 1 aliphatic heterocycles. The molecule has 0 atom stereocenters. The molecule has 0 aromatic carbocycles. The topological polar surface area (TPSA) is 24.9 Å². The third-order valence-corrected chi connectivity index (χ3v) is 3.10. The lowest BCUT2D eigenvalue weighted by molar-refractivity contribution is 0.453. The Balaban J connectivity index is 2.24. The second kappa shape index (κ2) is 4.47. The van der Waals surface area contributed by atoms with E-state index < -0.39 is 0 Å². The zero-order valence-corrected chi connectivity index (χ0v) is 9.28. The summed E-state index contributed by atoms with van der Waals surface area (Å²) in [7, 11) is 0. The SMILES string of the molecule is Clc1ccc(Cl)c(C2CCNCC2)n1. The van der Waals surface area contributed by atoms with Crippen LogP contribution in [0.1, 0.15) is 24.5 Å². The standard InChI is InChI=1S/C10H12Cl2N2/c11-8-1-2-9(12)14-10(8)7-3-5-13-6-4-7/h1-2,7,13H,3-6H2. The number of halogens is 2. The Bertz CT molecular complexity index is 322. The van der Waals surface area contributed by atoms with Crippen molar-refractivity contribution in [1.82, 2.24) is 10.3 Å². The first-order valence-corrected chi connectivity index (χ1v) is 5.55. The van der Waals surface area contributed by atoms with Gasteiger partial charge in [0.1, 0.15) is 5.15 Å². The van der Waals surface area contributed by atoms with Crippen LogP contribution in [0, 0.1) is 0 Å². The Morgan fingerprint density at radius 1 is 1.21 bits per heavy atom. The Labute approximate surface area is 93.6 Å². The van der Waals surface area contributed by atoms with Crippen molar-refractivity contribution in [3.8, 4) is 0 Å². The summed E-state index contributed by atoms with van der Waals surface area (Å²) in [6.07, 6.45) is 2.18. The molecule has 0 unspecified atom stereocenters. The molecule has 14 heavy (non-hydrogen) atoms. The van der Waals surface area contributed by atoms with Crippen LogP contribution in [-0.2, 0) is 0 Å². The molecule has 76 valence electrons. The van der Waals surface area contributed by atoms with Gasteiger partial charge in [0, 0.05) is 5.92 Å². The van der Waals surface area contributed by atoms with Crippen LogP contribution in [0.15, 0.2) is 12.1 Å². The van der Waals surface area contributed by atoms with Gasteiger partial charge in [0.05, 0.1) is 10.7 Å². The van der Waals surface area contributed by atoms with E-state index in [0.717, 1.165) is 36.6 Å². The van der Waals surface area contributed by atoms with Gasteiger partial charge in [0.15, 0.2) is 0 Å². The van der Waals surface area contributed by atoms with Gasteiger partial charge in [0.2, 0.25) is 0 Å². The molecule has 1 N–H and O–H groups in total. The highest BCUT2D eigenvalue weighted by atomic mass is 35.5. The van der Waals surface area contributed by atoms with Gasteiger partial charge in [-0.15, -0.1) is 0 Å². The van der Waals surface area contributed by atoms with E-state index in [-0.39, 0.29) is 0 Å². The quantitative estimate of drug-likeness (QED) is 0.751. The predicted molar refractivity (Wildman–Crippen MR) is 59.1 cm³/mol. The minimum Gasteiger partial charge on any atom is -0.317 e. The van der Waals surface area contributed by atoms with E-state index in [2.05, 4.69) is 10.3 Å². The van der Waals surface area contributed by atoms with Crippen molar-refractivity contribution in [2.45, 2.75) is 18.8 Å². The van der Waals surface area contributed by atoms with Crippen LogP contribution in [0.3, 0.4) is 0 Å². The molecule has 2 heterocycles. The molecule has 1 aliphatic rings. The second-order valence-corrected chi connectivity index (χ2v) is 4.32. The van der Waals surface area contributed by atoms with Crippen LogP contribution >= 0.6 is 23.2 Å². The average Bonchev–Trinajstić information content (AvgIpc) is 2.23. The lowest BCUT2D eigenvalue weighted by Crippen LogP contribution is -2.27. The van der Waals surface area contributed by atoms with Crippen molar-refractivity contribution in [3.63, 3.8) is 0 Å². The maximum atomic E-state index is 6.09. The van der Waals surface area contributed by atoms with E-state index in [1.54, 1.807) is 6.07 Å². The summed E-state index contributed by atoms with van der Waals surface area (Å²) in [6, 6.07) is 3.56. The van der Waals surface area contributed by atoms with E-state index >= 15 is 0 Å². The molecule has 0 amide bonds. The molecular weight excluding hydrogens is 219 g/mol. The predicted octanol–water partition coefficient (Wildman–Crippen LogP) is 2.86. The number of hydrogen-bond acceptors (Lipinski definition) is 2. The minimum atomic E-state index is 0.461. The van der Waals surface area contributed by atoms with E-state index in [9.17, 15) is 0 Å². The van der Waals surface area contributed by atoms with Gasteiger partial charge in [-0.2, -0.15) is 0 Å². The number of rotatable bonds is 1. The number of piperidine rings is 1. The Morgan fingerprint density at radius 2 is 1.93 bits per heavy atom. The molecule has 2 nitrogen and oxygen atoms in total. The van der Waals surface area contributed by atoms with E-state index in [1.165, 1.54) is 0 Å². The first kappa shape index (κ1) is 10.2. The van der Waals surface area contributed by atoms with Crippen molar-refractivity contribution < 1.29 is 0 Å². The Kier molecular flexibility index (Phi) is 3.26. The molecule has 0 aliphatic carbocycles. The molecule has 1 saturated heterocycles. The van der Waals surface area contributed by atoms with E-state index in [0.29, 0.717) is 11.1 Å². The molecule has 4 heteroatoms. The summed E-state index contributed by atoms with van der Waals surface area (Å²) < 4.78 is 0. The smallest absolute Gasteiger partial charge is 0.129 e. The third kappa shape index (κ3) is 2.19. The molecule has 1 aromatic rings. The van der Waals surface area contributed by atoms with Gasteiger partial charge in [-0.1, -0.05) is 23.2 Å². The maximum absolute atomic E-state index is 6.09. The lowest BCUT2D eigenvalue weighted by atomic mass is 9.94. The zero-order valence-electron chi connectivity index (χ0n) is 7.76. The van der Waals surface area contributed by atoms with Crippen molar-refractivity contribution >= 4 is 23.2 Å². The summed E-state index contributed by atoms with van der Waals surface area (Å²) >= 11 is 11.9. The molecule has 2 rings (SSSR count). The molecule has 0 bridgehead atoms. The Hall–Kier alpha value is -0.310. The highest BCUT2D eigenvalue weighted by Gasteiger charge is 2.19. The van der Waals surface area contributed by atoms with Crippen molar-refractivity contribution in [2.24, 2.45) is 0 Å². The van der Waals surface area contributed by atoms with Crippen molar-refractivity contribution in [3.05, 3.63) is 28.0 Å². The van der Waals surface area contributed by atoms with Gasteiger partial charge in [0.25, 0.3) is 0 Å². The fourth-order valence-electron chi connectivity index (χ4n) is 1.81. The monoisotopic (exact) mass is 230 g/mol. The van der Waals surface area contributed by atoms with E-state index in [4.69, 9.17) is 23.2 Å².